The van der Waals surface area contributed by atoms with E-state index >= 15 is 0 Å². The number of nitrogens with zero attached hydrogens (tertiary/aromatic N) is 6. The first-order valence-corrected chi connectivity index (χ1v) is 11.4. The van der Waals surface area contributed by atoms with Crippen LogP contribution in [0.1, 0.15) is 6.92 Å². The third-order valence-corrected chi connectivity index (χ3v) is 6.15. The number of carbonyl (C=O) groups is 1. The minimum absolute atomic E-state index is 0.0853. The smallest absolute Gasteiger partial charge is 0.263 e. The molecule has 2 aromatic rings. The van der Waals surface area contributed by atoms with Crippen LogP contribution in [-0.2, 0) is 4.79 Å². The summed E-state index contributed by atoms with van der Waals surface area (Å²) < 4.78 is 19.3. The molecule has 1 unspecified atom stereocenters. The Kier molecular flexibility index (Phi) is 7.56. The molecule has 2 aliphatic rings. The van der Waals surface area contributed by atoms with Gasteiger partial charge < -0.3 is 24.5 Å². The van der Waals surface area contributed by atoms with Crippen LogP contribution in [0, 0.1) is 5.82 Å². The largest absolute Gasteiger partial charge is 0.478 e. The number of halogens is 1. The summed E-state index contributed by atoms with van der Waals surface area (Å²) in [5, 5.41) is 17.9. The van der Waals surface area contributed by atoms with Crippen molar-refractivity contribution in [3.05, 3.63) is 42.2 Å². The van der Waals surface area contributed by atoms with Gasteiger partial charge in [-0.05, 0) is 31.2 Å². The number of amides is 1. The third-order valence-electron chi connectivity index (χ3n) is 6.15. The van der Waals surface area contributed by atoms with E-state index in [-0.39, 0.29) is 18.3 Å². The van der Waals surface area contributed by atoms with Gasteiger partial charge in [0.15, 0.2) is 29.3 Å². The average molecular weight is 459 g/mol. The summed E-state index contributed by atoms with van der Waals surface area (Å²) in [6.45, 7) is 8.45. The first-order valence-electron chi connectivity index (χ1n) is 11.4. The minimum Gasteiger partial charge on any atom is -0.478 e. The highest BCUT2D eigenvalue weighted by atomic mass is 19.1. The first kappa shape index (κ1) is 23.2. The zero-order valence-electron chi connectivity index (χ0n) is 18.9. The summed E-state index contributed by atoms with van der Waals surface area (Å²) in [6.07, 6.45) is -0.759. The number of carbonyl (C=O) groups excluding carboxylic acids is 1. The number of hydrogen-bond acceptors (Lipinski definition) is 8. The highest BCUT2D eigenvalue weighted by molar-refractivity contribution is 5.81. The Hall–Kier alpha value is -2.98. The molecule has 1 atom stereocenters. The number of benzene rings is 1. The zero-order valence-corrected chi connectivity index (χ0v) is 18.9. The fourth-order valence-corrected chi connectivity index (χ4v) is 4.19. The number of rotatable bonds is 7. The number of piperazine rings is 2. The van der Waals surface area contributed by atoms with Crippen LogP contribution < -0.4 is 14.5 Å². The summed E-state index contributed by atoms with van der Waals surface area (Å²) in [5.41, 5.74) is 0. The van der Waals surface area contributed by atoms with Gasteiger partial charge in [-0.3, -0.25) is 9.69 Å². The molecule has 1 aromatic carbocycles. The van der Waals surface area contributed by atoms with Gasteiger partial charge in [0.1, 0.15) is 0 Å². The second-order valence-corrected chi connectivity index (χ2v) is 8.30. The summed E-state index contributed by atoms with van der Waals surface area (Å²) >= 11 is 0. The van der Waals surface area contributed by atoms with E-state index in [2.05, 4.69) is 24.9 Å². The number of aromatic nitrogens is 2. The number of β-amino-alcohol motifs (C(OH)–C–C–N with tert-alkyl or cyclic N) is 1. The lowest BCUT2D eigenvalue weighted by atomic mass is 10.2. The van der Waals surface area contributed by atoms with E-state index in [1.54, 1.807) is 24.0 Å². The van der Waals surface area contributed by atoms with Crippen LogP contribution in [0.25, 0.3) is 0 Å². The molecule has 2 fully saturated rings. The molecule has 0 spiro atoms. The van der Waals surface area contributed by atoms with Gasteiger partial charge in [-0.25, -0.2) is 4.39 Å². The number of ether oxygens (including phenoxy) is 1. The Morgan fingerprint density at radius 3 is 2.09 bits per heavy atom. The highest BCUT2D eigenvalue weighted by Gasteiger charge is 2.27. The number of para-hydroxylation sites is 1. The Labute approximate surface area is 193 Å². The summed E-state index contributed by atoms with van der Waals surface area (Å²) in [4.78, 5) is 21.1. The van der Waals surface area contributed by atoms with E-state index < -0.39 is 11.9 Å². The van der Waals surface area contributed by atoms with Gasteiger partial charge in [0.05, 0.1) is 6.61 Å². The van der Waals surface area contributed by atoms with Crippen LogP contribution in [0.3, 0.4) is 0 Å². The van der Waals surface area contributed by atoms with Crippen molar-refractivity contribution in [3.8, 4) is 5.75 Å². The number of aliphatic hydroxyl groups is 1. The molecule has 10 heteroatoms. The molecule has 0 bridgehead atoms. The first-order chi connectivity index (χ1) is 16.0. The minimum atomic E-state index is -0.759. The SMILES string of the molecule is CC(Oc1ccccc1F)C(=O)N1CCN(c2ccc(N3CCN(CCO)CC3)nn2)CC1. The fraction of sp³-hybridized carbons (Fsp3) is 0.522. The number of aliphatic hydroxyl groups excluding tert-OH is 1. The van der Waals surface area contributed by atoms with Crippen LogP contribution in [0.2, 0.25) is 0 Å². The van der Waals surface area contributed by atoms with Crippen molar-refractivity contribution in [2.24, 2.45) is 0 Å². The fourth-order valence-electron chi connectivity index (χ4n) is 4.19. The van der Waals surface area contributed by atoms with Crippen molar-refractivity contribution in [1.82, 2.24) is 20.0 Å². The summed E-state index contributed by atoms with van der Waals surface area (Å²) in [5.74, 6) is 1.11. The molecule has 0 saturated carbocycles. The van der Waals surface area contributed by atoms with Crippen molar-refractivity contribution in [3.63, 3.8) is 0 Å². The van der Waals surface area contributed by atoms with Gasteiger partial charge in [0.2, 0.25) is 0 Å². The molecule has 3 heterocycles. The molecule has 2 aliphatic heterocycles. The van der Waals surface area contributed by atoms with Gasteiger partial charge >= 0.3 is 0 Å². The zero-order chi connectivity index (χ0) is 23.2. The maximum atomic E-state index is 13.8. The topological polar surface area (TPSA) is 85.3 Å². The third kappa shape index (κ3) is 5.69. The predicted octanol–water partition coefficient (Wildman–Crippen LogP) is 0.846. The van der Waals surface area contributed by atoms with E-state index in [9.17, 15) is 9.18 Å². The molecular formula is C23H31FN6O3. The van der Waals surface area contributed by atoms with Gasteiger partial charge in [-0.15, -0.1) is 10.2 Å². The second kappa shape index (κ2) is 10.8. The lowest BCUT2D eigenvalue weighted by Gasteiger charge is -2.37. The van der Waals surface area contributed by atoms with Gasteiger partial charge in [-0.2, -0.15) is 0 Å². The van der Waals surface area contributed by atoms with E-state index in [1.807, 2.05) is 12.1 Å². The predicted molar refractivity (Wildman–Crippen MR) is 123 cm³/mol. The maximum Gasteiger partial charge on any atom is 0.263 e. The normalized spacial score (nSPS) is 18.3. The molecule has 0 radical (unpaired) electrons. The van der Waals surface area contributed by atoms with Gasteiger partial charge in [-0.1, -0.05) is 12.1 Å². The van der Waals surface area contributed by atoms with E-state index in [4.69, 9.17) is 9.84 Å². The second-order valence-electron chi connectivity index (χ2n) is 8.30. The van der Waals surface area contributed by atoms with Crippen molar-refractivity contribution in [1.29, 1.82) is 0 Å². The highest BCUT2D eigenvalue weighted by Crippen LogP contribution is 2.20. The standard InChI is InChI=1S/C23H31FN6O3/c1-18(33-20-5-3-2-4-19(20)24)23(32)30-14-12-29(13-15-30)22-7-6-21(25-26-22)28-10-8-27(9-11-28)16-17-31/h2-7,18,31H,8-17H2,1H3. The lowest BCUT2D eigenvalue weighted by Crippen LogP contribution is -2.52. The number of hydrogen-bond donors (Lipinski definition) is 1. The Morgan fingerprint density at radius 1 is 0.970 bits per heavy atom. The van der Waals surface area contributed by atoms with Crippen molar-refractivity contribution in [2.75, 3.05) is 75.3 Å². The Morgan fingerprint density at radius 2 is 1.55 bits per heavy atom. The molecule has 2 saturated heterocycles. The lowest BCUT2D eigenvalue weighted by molar-refractivity contribution is -0.138. The average Bonchev–Trinajstić information content (AvgIpc) is 2.86. The molecule has 178 valence electrons. The molecule has 33 heavy (non-hydrogen) atoms. The molecule has 1 N–H and O–H groups in total. The molecule has 1 amide bonds. The monoisotopic (exact) mass is 458 g/mol. The van der Waals surface area contributed by atoms with E-state index in [0.29, 0.717) is 32.7 Å². The van der Waals surface area contributed by atoms with Crippen molar-refractivity contribution in [2.45, 2.75) is 13.0 Å². The van der Waals surface area contributed by atoms with Gasteiger partial charge in [0, 0.05) is 58.9 Å². The molecule has 9 nitrogen and oxygen atoms in total. The maximum absolute atomic E-state index is 13.8. The molecule has 4 rings (SSSR count). The molecule has 1 aromatic heterocycles. The molecule has 0 aliphatic carbocycles. The summed E-state index contributed by atoms with van der Waals surface area (Å²) in [7, 11) is 0. The molecular weight excluding hydrogens is 427 g/mol. The van der Waals surface area contributed by atoms with Crippen LogP contribution in [0.4, 0.5) is 16.0 Å². The van der Waals surface area contributed by atoms with Crippen LogP contribution in [0.15, 0.2) is 36.4 Å². The van der Waals surface area contributed by atoms with E-state index in [0.717, 1.165) is 37.8 Å². The Balaban J connectivity index is 1.26. The van der Waals surface area contributed by atoms with Crippen molar-refractivity contribution < 1.29 is 19.0 Å². The van der Waals surface area contributed by atoms with Crippen LogP contribution >= 0.6 is 0 Å². The quantitative estimate of drug-likeness (QED) is 0.654. The van der Waals surface area contributed by atoms with Crippen LogP contribution in [0.5, 0.6) is 5.75 Å². The number of anilines is 2. The van der Waals surface area contributed by atoms with Gasteiger partial charge in [0.25, 0.3) is 5.91 Å². The van der Waals surface area contributed by atoms with Crippen LogP contribution in [-0.4, -0.2) is 103 Å². The summed E-state index contributed by atoms with van der Waals surface area (Å²) in [6, 6.07) is 10.1. The van der Waals surface area contributed by atoms with Crippen molar-refractivity contribution >= 4 is 17.5 Å². The Bertz CT molecular complexity index is 915. The van der Waals surface area contributed by atoms with E-state index in [1.165, 1.54) is 12.1 Å².